The van der Waals surface area contributed by atoms with Gasteiger partial charge in [0.25, 0.3) is 0 Å². The molecule has 0 aliphatic heterocycles. The van der Waals surface area contributed by atoms with E-state index in [0.717, 1.165) is 0 Å². The van der Waals surface area contributed by atoms with E-state index in [9.17, 15) is 14.4 Å². The number of carbonyl (C=O) groups excluding carboxylic acids is 3. The van der Waals surface area contributed by atoms with Crippen molar-refractivity contribution < 1.29 is 23.9 Å². The van der Waals surface area contributed by atoms with Gasteiger partial charge in [0, 0.05) is 0 Å². The Balaban J connectivity index is 2.91. The molecule has 0 heterocycles. The average Bonchev–Trinajstić information content (AvgIpc) is 2.36. The van der Waals surface area contributed by atoms with Gasteiger partial charge in [-0.25, -0.2) is 9.59 Å². The van der Waals surface area contributed by atoms with Crippen LogP contribution in [0.5, 0.6) is 0 Å². The van der Waals surface area contributed by atoms with Gasteiger partial charge in [-0.15, -0.1) is 0 Å². The lowest BCUT2D eigenvalue weighted by atomic mass is 10.1. The first-order valence-electron chi connectivity index (χ1n) is 5.49. The van der Waals surface area contributed by atoms with Crippen molar-refractivity contribution in [3.63, 3.8) is 0 Å². The molecule has 0 bridgehead atoms. The van der Waals surface area contributed by atoms with Gasteiger partial charge in [0.1, 0.15) is 6.61 Å². The Morgan fingerprint density at radius 3 is 1.94 bits per heavy atom. The van der Waals surface area contributed by atoms with Gasteiger partial charge in [-0.3, -0.25) is 4.79 Å². The van der Waals surface area contributed by atoms with Crippen LogP contribution in [0.4, 0.5) is 0 Å². The summed E-state index contributed by atoms with van der Waals surface area (Å²) in [4.78, 5) is 34.0. The molecule has 5 nitrogen and oxygen atoms in total. The Morgan fingerprint density at radius 2 is 1.50 bits per heavy atom. The van der Waals surface area contributed by atoms with Crippen molar-refractivity contribution in [2.45, 2.75) is 13.8 Å². The smallest absolute Gasteiger partial charge is 0.339 e. The summed E-state index contributed by atoms with van der Waals surface area (Å²) in [5.74, 6) is -1.57. The first-order chi connectivity index (χ1) is 8.56. The zero-order valence-electron chi connectivity index (χ0n) is 10.3. The van der Waals surface area contributed by atoms with Crippen molar-refractivity contribution in [1.29, 1.82) is 0 Å². The van der Waals surface area contributed by atoms with Crippen LogP contribution >= 0.6 is 0 Å². The average molecular weight is 250 g/mol. The number of hydrogen-bond acceptors (Lipinski definition) is 5. The molecule has 0 spiro atoms. The highest BCUT2D eigenvalue weighted by atomic mass is 16.5. The van der Waals surface area contributed by atoms with E-state index in [1.807, 2.05) is 0 Å². The van der Waals surface area contributed by atoms with E-state index in [4.69, 9.17) is 9.47 Å². The Morgan fingerprint density at radius 1 is 1.00 bits per heavy atom. The maximum Gasteiger partial charge on any atom is 0.339 e. The maximum absolute atomic E-state index is 11.7. The predicted molar refractivity (Wildman–Crippen MR) is 63.4 cm³/mol. The van der Waals surface area contributed by atoms with E-state index in [2.05, 4.69) is 0 Å². The molecular formula is C13H14O5. The van der Waals surface area contributed by atoms with Crippen LogP contribution in [-0.2, 0) is 14.3 Å². The topological polar surface area (TPSA) is 69.7 Å². The first kappa shape index (κ1) is 13.9. The fraction of sp³-hybridized carbons (Fsp3) is 0.308. The summed E-state index contributed by atoms with van der Waals surface area (Å²) in [5.41, 5.74) is 0.227. The number of rotatable bonds is 5. The molecule has 18 heavy (non-hydrogen) atoms. The van der Waals surface area contributed by atoms with Crippen LogP contribution in [0, 0.1) is 0 Å². The molecule has 96 valence electrons. The van der Waals surface area contributed by atoms with Crippen LogP contribution < -0.4 is 0 Å². The monoisotopic (exact) mass is 250 g/mol. The molecule has 1 aromatic rings. The van der Waals surface area contributed by atoms with E-state index in [0.29, 0.717) is 0 Å². The number of ether oxygens (including phenoxy) is 2. The van der Waals surface area contributed by atoms with E-state index >= 15 is 0 Å². The first-order valence-corrected chi connectivity index (χ1v) is 5.49. The zero-order chi connectivity index (χ0) is 13.5. The van der Waals surface area contributed by atoms with Crippen molar-refractivity contribution in [3.8, 4) is 0 Å². The van der Waals surface area contributed by atoms with Crippen molar-refractivity contribution in [1.82, 2.24) is 0 Å². The molecule has 5 heteroatoms. The van der Waals surface area contributed by atoms with Crippen LogP contribution in [0.25, 0.3) is 0 Å². The molecule has 0 N–H and O–H groups in total. The van der Waals surface area contributed by atoms with Gasteiger partial charge >= 0.3 is 11.9 Å². The number of hydrogen-bond donors (Lipinski definition) is 0. The van der Waals surface area contributed by atoms with Crippen molar-refractivity contribution in [2.24, 2.45) is 0 Å². The van der Waals surface area contributed by atoms with E-state index in [1.54, 1.807) is 19.1 Å². The van der Waals surface area contributed by atoms with E-state index in [-0.39, 0.29) is 30.1 Å². The molecule has 0 atom stereocenters. The number of ketones is 1. The quantitative estimate of drug-likeness (QED) is 0.742. The second kappa shape index (κ2) is 6.54. The Bertz CT molecular complexity index is 464. The molecule has 1 aromatic carbocycles. The number of esters is 2. The lowest BCUT2D eigenvalue weighted by molar-refractivity contribution is -0.120. The molecule has 0 aliphatic carbocycles. The minimum Gasteiger partial charge on any atom is -0.462 e. The van der Waals surface area contributed by atoms with Crippen LogP contribution in [0.3, 0.4) is 0 Å². The molecule has 0 amide bonds. The number of benzene rings is 1. The molecular weight excluding hydrogens is 236 g/mol. The van der Waals surface area contributed by atoms with Crippen molar-refractivity contribution >= 4 is 17.7 Å². The second-order valence-electron chi connectivity index (χ2n) is 3.54. The number of carbonyl (C=O) groups is 3. The highest BCUT2D eigenvalue weighted by Crippen LogP contribution is 2.12. The Labute approximate surface area is 105 Å². The molecule has 0 unspecified atom stereocenters. The van der Waals surface area contributed by atoms with Gasteiger partial charge < -0.3 is 9.47 Å². The lowest BCUT2D eigenvalue weighted by Gasteiger charge is -2.07. The van der Waals surface area contributed by atoms with Crippen LogP contribution in [0.2, 0.25) is 0 Å². The highest BCUT2D eigenvalue weighted by molar-refractivity contribution is 6.03. The summed E-state index contributed by atoms with van der Waals surface area (Å²) in [5, 5.41) is 0. The Kier molecular flexibility index (Phi) is 5.05. The third-order valence-electron chi connectivity index (χ3n) is 2.05. The van der Waals surface area contributed by atoms with E-state index < -0.39 is 11.9 Å². The third kappa shape index (κ3) is 3.69. The predicted octanol–water partition coefficient (Wildman–Crippen LogP) is 1.61. The summed E-state index contributed by atoms with van der Waals surface area (Å²) in [7, 11) is 0. The largest absolute Gasteiger partial charge is 0.462 e. The standard InChI is InChI=1S/C13H14O5/c1-3-17-12(15)10-6-4-5-7-11(10)13(16)18-8-9(2)14/h4-7H,3,8H2,1-2H3. The maximum atomic E-state index is 11.7. The van der Waals surface area contributed by atoms with Gasteiger partial charge in [-0.2, -0.15) is 0 Å². The molecule has 0 saturated heterocycles. The summed E-state index contributed by atoms with van der Waals surface area (Å²) in [6.07, 6.45) is 0. The van der Waals surface area contributed by atoms with Crippen LogP contribution in [0.1, 0.15) is 34.6 Å². The summed E-state index contributed by atoms with van der Waals surface area (Å²) < 4.78 is 9.59. The number of Topliss-reactive ketones (excluding diaryl/α,β-unsaturated/α-hetero) is 1. The third-order valence-corrected chi connectivity index (χ3v) is 2.05. The van der Waals surface area contributed by atoms with Gasteiger partial charge in [-0.1, -0.05) is 12.1 Å². The molecule has 1 rings (SSSR count). The van der Waals surface area contributed by atoms with Crippen molar-refractivity contribution in [2.75, 3.05) is 13.2 Å². The van der Waals surface area contributed by atoms with Gasteiger partial charge in [0.2, 0.25) is 0 Å². The highest BCUT2D eigenvalue weighted by Gasteiger charge is 2.18. The van der Waals surface area contributed by atoms with Crippen LogP contribution in [-0.4, -0.2) is 30.9 Å². The zero-order valence-corrected chi connectivity index (χ0v) is 10.3. The molecule has 0 saturated carbocycles. The summed E-state index contributed by atoms with van der Waals surface area (Å²) in [6.45, 7) is 2.89. The second-order valence-corrected chi connectivity index (χ2v) is 3.54. The minimum atomic E-state index is -0.714. The minimum absolute atomic E-state index is 0.0946. The van der Waals surface area contributed by atoms with E-state index in [1.165, 1.54) is 19.1 Å². The molecule has 0 aromatic heterocycles. The summed E-state index contributed by atoms with van der Waals surface area (Å²) in [6, 6.07) is 6.15. The van der Waals surface area contributed by atoms with Crippen molar-refractivity contribution in [3.05, 3.63) is 35.4 Å². The SMILES string of the molecule is CCOC(=O)c1ccccc1C(=O)OCC(C)=O. The lowest BCUT2D eigenvalue weighted by Crippen LogP contribution is -2.16. The molecule has 0 fully saturated rings. The normalized spacial score (nSPS) is 9.67. The Hall–Kier alpha value is -2.17. The van der Waals surface area contributed by atoms with Crippen LogP contribution in [0.15, 0.2) is 24.3 Å². The van der Waals surface area contributed by atoms with Gasteiger partial charge in [0.05, 0.1) is 17.7 Å². The fourth-order valence-electron chi connectivity index (χ4n) is 1.29. The molecule has 0 aliphatic rings. The van der Waals surface area contributed by atoms with Gasteiger partial charge in [-0.05, 0) is 26.0 Å². The van der Waals surface area contributed by atoms with Gasteiger partial charge in [0.15, 0.2) is 5.78 Å². The summed E-state index contributed by atoms with van der Waals surface area (Å²) >= 11 is 0. The fourth-order valence-corrected chi connectivity index (χ4v) is 1.29. The molecule has 0 radical (unpaired) electrons.